The van der Waals surface area contributed by atoms with Crippen molar-refractivity contribution in [3.05, 3.63) is 0 Å². The van der Waals surface area contributed by atoms with Crippen LogP contribution >= 0.6 is 0 Å². The van der Waals surface area contributed by atoms with Crippen LogP contribution < -0.4 is 5.32 Å². The number of nitrogens with zero attached hydrogens (tertiary/aromatic N) is 2. The molecule has 0 bridgehead atoms. The molecule has 0 radical (unpaired) electrons. The molecule has 0 aliphatic carbocycles. The molecule has 0 aromatic heterocycles. The van der Waals surface area contributed by atoms with Gasteiger partial charge in [-0.1, -0.05) is 13.8 Å². The maximum Gasteiger partial charge on any atom is 0.0793 e. The van der Waals surface area contributed by atoms with Crippen molar-refractivity contribution in [1.29, 1.82) is 0 Å². The highest BCUT2D eigenvalue weighted by Gasteiger charge is 2.17. The van der Waals surface area contributed by atoms with E-state index in [1.54, 1.807) is 7.11 Å². The molecule has 2 N–H and O–H groups in total. The molecule has 114 valence electrons. The zero-order chi connectivity index (χ0) is 14.1. The van der Waals surface area contributed by atoms with Crippen molar-refractivity contribution in [3.63, 3.8) is 0 Å². The molecule has 5 heteroatoms. The van der Waals surface area contributed by atoms with Gasteiger partial charge in [-0.15, -0.1) is 0 Å². The van der Waals surface area contributed by atoms with E-state index in [1.807, 2.05) is 0 Å². The molecule has 1 aliphatic heterocycles. The van der Waals surface area contributed by atoms with Crippen molar-refractivity contribution in [2.24, 2.45) is 5.92 Å². The molecule has 5 nitrogen and oxygen atoms in total. The Morgan fingerprint density at radius 2 is 1.95 bits per heavy atom. The first-order chi connectivity index (χ1) is 9.11. The van der Waals surface area contributed by atoms with Crippen molar-refractivity contribution in [1.82, 2.24) is 15.1 Å². The van der Waals surface area contributed by atoms with E-state index < -0.39 is 0 Å². The van der Waals surface area contributed by atoms with E-state index >= 15 is 0 Å². The number of hydrogen-bond donors (Lipinski definition) is 2. The molecule has 1 atom stereocenters. The monoisotopic (exact) mass is 273 g/mol. The Bertz CT molecular complexity index is 221. The van der Waals surface area contributed by atoms with Crippen LogP contribution in [0.2, 0.25) is 0 Å². The number of aliphatic hydroxyl groups is 1. The predicted molar refractivity (Wildman–Crippen MR) is 78.5 cm³/mol. The highest BCUT2D eigenvalue weighted by molar-refractivity contribution is 4.74. The third-order valence-corrected chi connectivity index (χ3v) is 3.38. The fraction of sp³-hybridized carbons (Fsp3) is 1.00. The number of rotatable bonds is 9. The second kappa shape index (κ2) is 9.66. The normalized spacial score (nSPS) is 19.3. The van der Waals surface area contributed by atoms with E-state index in [2.05, 4.69) is 29.0 Å². The van der Waals surface area contributed by atoms with Crippen molar-refractivity contribution >= 4 is 0 Å². The summed E-state index contributed by atoms with van der Waals surface area (Å²) in [5, 5.41) is 13.6. The lowest BCUT2D eigenvalue weighted by Gasteiger charge is -2.32. The number of β-amino-alcohol motifs (C(OH)–C–C–N with tert-alkyl or cyclic N) is 1. The lowest BCUT2D eigenvalue weighted by molar-refractivity contribution is 0.0546. The molecule has 1 heterocycles. The molecule has 1 saturated heterocycles. The number of methoxy groups -OCH3 is 1. The summed E-state index contributed by atoms with van der Waals surface area (Å²) in [6.07, 6.45) is -0.270. The fourth-order valence-electron chi connectivity index (χ4n) is 2.54. The summed E-state index contributed by atoms with van der Waals surface area (Å²) in [5.41, 5.74) is 0. The van der Waals surface area contributed by atoms with Crippen LogP contribution in [0.4, 0.5) is 0 Å². The highest BCUT2D eigenvalue weighted by atomic mass is 16.5. The molecule has 0 saturated carbocycles. The third-order valence-electron chi connectivity index (χ3n) is 3.38. The fourth-order valence-corrected chi connectivity index (χ4v) is 2.54. The molecule has 1 unspecified atom stereocenters. The number of nitrogens with one attached hydrogen (secondary N) is 1. The van der Waals surface area contributed by atoms with Gasteiger partial charge >= 0.3 is 0 Å². The summed E-state index contributed by atoms with van der Waals surface area (Å²) in [7, 11) is 1.73. The van der Waals surface area contributed by atoms with Crippen molar-refractivity contribution in [3.8, 4) is 0 Å². The molecule has 0 aromatic rings. The smallest absolute Gasteiger partial charge is 0.0793 e. The van der Waals surface area contributed by atoms with Gasteiger partial charge in [0.25, 0.3) is 0 Å². The van der Waals surface area contributed by atoms with Gasteiger partial charge in [0, 0.05) is 59.5 Å². The van der Waals surface area contributed by atoms with Crippen molar-refractivity contribution < 1.29 is 9.84 Å². The SMILES string of the molecule is COCCN(CC(C)C)CC(O)CN1CCNCC1. The predicted octanol–water partition coefficient (Wildman–Crippen LogP) is -0.143. The summed E-state index contributed by atoms with van der Waals surface area (Å²) < 4.78 is 5.14. The van der Waals surface area contributed by atoms with E-state index in [4.69, 9.17) is 4.74 Å². The first kappa shape index (κ1) is 16.9. The van der Waals surface area contributed by atoms with Crippen LogP contribution in [-0.2, 0) is 4.74 Å². The van der Waals surface area contributed by atoms with Gasteiger partial charge in [-0.3, -0.25) is 9.80 Å². The van der Waals surface area contributed by atoms with Crippen LogP contribution in [0.5, 0.6) is 0 Å². The zero-order valence-electron chi connectivity index (χ0n) is 12.8. The molecule has 19 heavy (non-hydrogen) atoms. The molecule has 1 fully saturated rings. The lowest BCUT2D eigenvalue weighted by Crippen LogP contribution is -2.48. The molecule has 1 rings (SSSR count). The van der Waals surface area contributed by atoms with Gasteiger partial charge in [0.05, 0.1) is 12.7 Å². The molecular formula is C14H31N3O2. The summed E-state index contributed by atoms with van der Waals surface area (Å²) in [4.78, 5) is 4.64. The van der Waals surface area contributed by atoms with E-state index in [0.717, 1.165) is 59.0 Å². The summed E-state index contributed by atoms with van der Waals surface area (Å²) in [6, 6.07) is 0. The van der Waals surface area contributed by atoms with E-state index in [1.165, 1.54) is 0 Å². The Morgan fingerprint density at radius 1 is 1.26 bits per heavy atom. The van der Waals surface area contributed by atoms with E-state index in [9.17, 15) is 5.11 Å². The Labute approximate surface area is 117 Å². The standard InChI is InChI=1S/C14H31N3O2/c1-13(2)10-17(8-9-19-3)12-14(18)11-16-6-4-15-5-7-16/h13-15,18H,4-12H2,1-3H3. The minimum Gasteiger partial charge on any atom is -0.390 e. The molecule has 0 aromatic carbocycles. The first-order valence-electron chi connectivity index (χ1n) is 7.44. The Morgan fingerprint density at radius 3 is 2.53 bits per heavy atom. The summed E-state index contributed by atoms with van der Waals surface area (Å²) >= 11 is 0. The van der Waals surface area contributed by atoms with Gasteiger partial charge in [0.2, 0.25) is 0 Å². The Hall–Kier alpha value is -0.200. The average Bonchev–Trinajstić information content (AvgIpc) is 2.36. The molecule has 0 spiro atoms. The minimum atomic E-state index is -0.270. The number of ether oxygens (including phenoxy) is 1. The van der Waals surface area contributed by atoms with Gasteiger partial charge < -0.3 is 15.2 Å². The number of hydrogen-bond acceptors (Lipinski definition) is 5. The van der Waals surface area contributed by atoms with Gasteiger partial charge in [-0.05, 0) is 5.92 Å². The Balaban J connectivity index is 2.29. The van der Waals surface area contributed by atoms with Crippen LogP contribution in [0.1, 0.15) is 13.8 Å². The van der Waals surface area contributed by atoms with Crippen molar-refractivity contribution in [2.75, 3.05) is 66.1 Å². The largest absolute Gasteiger partial charge is 0.390 e. The maximum atomic E-state index is 10.2. The van der Waals surface area contributed by atoms with Gasteiger partial charge in [-0.2, -0.15) is 0 Å². The molecule has 1 aliphatic rings. The second-order valence-electron chi connectivity index (χ2n) is 5.85. The number of aliphatic hydroxyl groups excluding tert-OH is 1. The highest BCUT2D eigenvalue weighted by Crippen LogP contribution is 2.02. The van der Waals surface area contributed by atoms with Gasteiger partial charge in [0.15, 0.2) is 0 Å². The summed E-state index contributed by atoms with van der Waals surface area (Å²) in [6.45, 7) is 12.7. The molecular weight excluding hydrogens is 242 g/mol. The van der Waals surface area contributed by atoms with Crippen LogP contribution in [0.15, 0.2) is 0 Å². The Kier molecular flexibility index (Phi) is 8.57. The third kappa shape index (κ3) is 7.84. The van der Waals surface area contributed by atoms with Crippen molar-refractivity contribution in [2.45, 2.75) is 20.0 Å². The number of piperazine rings is 1. The van der Waals surface area contributed by atoms with Crippen LogP contribution in [0, 0.1) is 5.92 Å². The topological polar surface area (TPSA) is 48.0 Å². The van der Waals surface area contributed by atoms with Crippen LogP contribution in [0.25, 0.3) is 0 Å². The summed E-state index contributed by atoms with van der Waals surface area (Å²) in [5.74, 6) is 0.614. The second-order valence-corrected chi connectivity index (χ2v) is 5.85. The lowest BCUT2D eigenvalue weighted by atomic mass is 10.2. The van der Waals surface area contributed by atoms with Crippen LogP contribution in [0.3, 0.4) is 0 Å². The zero-order valence-corrected chi connectivity index (χ0v) is 12.8. The average molecular weight is 273 g/mol. The van der Waals surface area contributed by atoms with E-state index in [0.29, 0.717) is 5.92 Å². The molecule has 0 amide bonds. The van der Waals surface area contributed by atoms with Gasteiger partial charge in [0.1, 0.15) is 0 Å². The maximum absolute atomic E-state index is 10.2. The minimum absolute atomic E-state index is 0.270. The quantitative estimate of drug-likeness (QED) is 0.612. The van der Waals surface area contributed by atoms with E-state index in [-0.39, 0.29) is 6.10 Å². The van der Waals surface area contributed by atoms with Gasteiger partial charge in [-0.25, -0.2) is 0 Å². The van der Waals surface area contributed by atoms with Crippen LogP contribution in [-0.4, -0.2) is 87.1 Å². The first-order valence-corrected chi connectivity index (χ1v) is 7.44.